The van der Waals surface area contributed by atoms with E-state index in [-0.39, 0.29) is 0 Å². The van der Waals surface area contributed by atoms with Crippen LogP contribution in [-0.4, -0.2) is 35.4 Å². The molecule has 0 fully saturated rings. The summed E-state index contributed by atoms with van der Waals surface area (Å²) in [6.45, 7) is 0. The maximum absolute atomic E-state index is 13.3. The molecular formula is C6H8FN5O10. The number of nitro groups is 3. The lowest BCUT2D eigenvalue weighted by atomic mass is 10.2. The second-order valence-electron chi connectivity index (χ2n) is 2.83. The summed E-state index contributed by atoms with van der Waals surface area (Å²) in [6.07, 6.45) is 0. The van der Waals surface area contributed by atoms with Crippen LogP contribution >= 0.6 is 0 Å². The predicted molar refractivity (Wildman–Crippen MR) is 61.6 cm³/mol. The van der Waals surface area contributed by atoms with Gasteiger partial charge >= 0.3 is 17.1 Å². The van der Waals surface area contributed by atoms with Crippen LogP contribution in [0.25, 0.3) is 0 Å². The lowest BCUT2D eigenvalue weighted by Gasteiger charge is -2.02. The predicted octanol–water partition coefficient (Wildman–Crippen LogP) is -0.370. The number of phenolic OH excluding ortho intramolecular Hbond substituents is 2. The van der Waals surface area contributed by atoms with Crippen LogP contribution < -0.4 is 11.8 Å². The van der Waals surface area contributed by atoms with Crippen molar-refractivity contribution in [3.05, 3.63) is 36.2 Å². The summed E-state index contributed by atoms with van der Waals surface area (Å²) < 4.78 is 13.3. The Kier molecular flexibility index (Phi) is 8.50. The van der Waals surface area contributed by atoms with Gasteiger partial charge in [-0.05, 0) is 0 Å². The van der Waals surface area contributed by atoms with E-state index >= 15 is 0 Å². The number of hydrogen-bond donors (Lipinski definition) is 6. The summed E-state index contributed by atoms with van der Waals surface area (Å²) in [4.78, 5) is 26.5. The first-order valence-corrected chi connectivity index (χ1v) is 4.42. The van der Waals surface area contributed by atoms with E-state index in [1.165, 1.54) is 0 Å². The Morgan fingerprint density at radius 1 is 0.727 bits per heavy atom. The molecule has 124 valence electrons. The molecule has 1 aromatic carbocycles. The fourth-order valence-corrected chi connectivity index (χ4v) is 1.16. The molecule has 0 amide bonds. The summed E-state index contributed by atoms with van der Waals surface area (Å²) in [6, 6.07) is 0. The third kappa shape index (κ3) is 3.89. The van der Waals surface area contributed by atoms with Crippen LogP contribution in [0.15, 0.2) is 0 Å². The van der Waals surface area contributed by atoms with Gasteiger partial charge < -0.3 is 20.6 Å². The van der Waals surface area contributed by atoms with Crippen molar-refractivity contribution < 1.29 is 39.8 Å². The molecule has 0 aliphatic carbocycles. The zero-order valence-corrected chi connectivity index (χ0v) is 10.1. The van der Waals surface area contributed by atoms with Gasteiger partial charge in [-0.2, -0.15) is 4.39 Å². The average molecular weight is 329 g/mol. The first-order chi connectivity index (χ1) is 10.2. The molecule has 0 saturated carbocycles. The van der Waals surface area contributed by atoms with Gasteiger partial charge in [-0.15, -0.1) is 0 Å². The van der Waals surface area contributed by atoms with Crippen molar-refractivity contribution in [2.75, 3.05) is 0 Å². The SMILES string of the molecule is NO.NO.O=[N+]([O-])c1c(O)c([N+](=O)[O-])c(F)c([N+](=O)[O-])c1O. The minimum Gasteiger partial charge on any atom is -0.497 e. The van der Waals surface area contributed by atoms with Gasteiger partial charge in [-0.3, -0.25) is 30.3 Å². The molecule has 0 spiro atoms. The molecule has 0 aromatic heterocycles. The zero-order valence-electron chi connectivity index (χ0n) is 10.1. The summed E-state index contributed by atoms with van der Waals surface area (Å²) in [5, 5.41) is 62.4. The van der Waals surface area contributed by atoms with Crippen LogP contribution in [0.1, 0.15) is 0 Å². The molecule has 0 atom stereocenters. The van der Waals surface area contributed by atoms with E-state index in [4.69, 9.17) is 20.6 Å². The highest BCUT2D eigenvalue weighted by Gasteiger charge is 2.43. The Morgan fingerprint density at radius 3 is 1.14 bits per heavy atom. The molecule has 0 saturated heterocycles. The summed E-state index contributed by atoms with van der Waals surface area (Å²) in [5.74, 6) is 1.22. The van der Waals surface area contributed by atoms with Gasteiger partial charge in [0.05, 0.1) is 14.8 Å². The number of nitrogens with two attached hydrogens (primary N) is 2. The number of hydrogen-bond acceptors (Lipinski definition) is 12. The summed E-state index contributed by atoms with van der Waals surface area (Å²) in [5.41, 5.74) is -5.42. The second-order valence-corrected chi connectivity index (χ2v) is 2.83. The first kappa shape index (κ1) is 21.1. The minimum absolute atomic E-state index is 1.51. The quantitative estimate of drug-likeness (QED) is 0.306. The second kappa shape index (κ2) is 8.86. The van der Waals surface area contributed by atoms with Gasteiger partial charge in [0.15, 0.2) is 0 Å². The van der Waals surface area contributed by atoms with E-state index in [1.807, 2.05) is 0 Å². The smallest absolute Gasteiger partial charge is 0.366 e. The lowest BCUT2D eigenvalue weighted by molar-refractivity contribution is -0.409. The molecule has 0 aliphatic heterocycles. The number of nitrogens with zero attached hydrogens (tertiary/aromatic N) is 3. The summed E-state index contributed by atoms with van der Waals surface area (Å²) in [7, 11) is 0. The molecule has 0 unspecified atom stereocenters. The number of rotatable bonds is 3. The van der Waals surface area contributed by atoms with E-state index in [0.29, 0.717) is 0 Å². The molecule has 0 radical (unpaired) electrons. The van der Waals surface area contributed by atoms with Crippen LogP contribution in [0.2, 0.25) is 0 Å². The minimum atomic E-state index is -2.18. The average Bonchev–Trinajstić information content (AvgIpc) is 2.41. The number of aromatic hydroxyl groups is 2. The molecule has 0 bridgehead atoms. The van der Waals surface area contributed by atoms with Crippen molar-refractivity contribution in [1.82, 2.24) is 0 Å². The topological polar surface area (TPSA) is 262 Å². The Balaban J connectivity index is 0. The highest BCUT2D eigenvalue weighted by atomic mass is 19.1. The Labute approximate surface area is 117 Å². The van der Waals surface area contributed by atoms with Crippen molar-refractivity contribution in [1.29, 1.82) is 0 Å². The van der Waals surface area contributed by atoms with Crippen LogP contribution in [0, 0.1) is 36.2 Å². The monoisotopic (exact) mass is 329 g/mol. The number of nitro benzene ring substituents is 3. The van der Waals surface area contributed by atoms with Crippen molar-refractivity contribution in [2.24, 2.45) is 11.8 Å². The highest BCUT2D eigenvalue weighted by Crippen LogP contribution is 2.50. The van der Waals surface area contributed by atoms with Crippen LogP contribution in [0.4, 0.5) is 21.5 Å². The maximum Gasteiger partial charge on any atom is 0.366 e. The van der Waals surface area contributed by atoms with Crippen molar-refractivity contribution in [2.45, 2.75) is 0 Å². The Bertz CT molecular complexity index is 490. The van der Waals surface area contributed by atoms with Gasteiger partial charge in [-0.25, -0.2) is 11.8 Å². The molecule has 16 heteroatoms. The van der Waals surface area contributed by atoms with Gasteiger partial charge in [0, 0.05) is 0 Å². The zero-order chi connectivity index (χ0) is 18.2. The molecule has 1 rings (SSSR count). The fourth-order valence-electron chi connectivity index (χ4n) is 1.16. The normalized spacial score (nSPS) is 8.77. The van der Waals surface area contributed by atoms with Gasteiger partial charge in [0.25, 0.3) is 17.3 Å². The maximum atomic E-state index is 13.3. The third-order valence-electron chi connectivity index (χ3n) is 1.86. The molecule has 0 heterocycles. The van der Waals surface area contributed by atoms with Crippen LogP contribution in [0.3, 0.4) is 0 Å². The Hall–Kier alpha value is -3.21. The largest absolute Gasteiger partial charge is 0.497 e. The number of phenols is 2. The highest BCUT2D eigenvalue weighted by molar-refractivity contribution is 5.74. The molecule has 15 nitrogen and oxygen atoms in total. The first-order valence-electron chi connectivity index (χ1n) is 4.42. The van der Waals surface area contributed by atoms with Gasteiger partial charge in [0.2, 0.25) is 0 Å². The summed E-state index contributed by atoms with van der Waals surface area (Å²) >= 11 is 0. The van der Waals surface area contributed by atoms with Crippen molar-refractivity contribution in [3.63, 3.8) is 0 Å². The van der Waals surface area contributed by atoms with Crippen molar-refractivity contribution in [3.8, 4) is 11.5 Å². The standard InChI is InChI=1S/C6H2FN3O8.2H3NO/c7-1-2(8(13)14)5(11)4(10(17)18)6(12)3(1)9(15)16;2*1-2/h11-12H;2*2H,1H2. The third-order valence-corrected chi connectivity index (χ3v) is 1.86. The lowest BCUT2D eigenvalue weighted by Crippen LogP contribution is -2.03. The van der Waals surface area contributed by atoms with E-state index in [9.17, 15) is 34.7 Å². The van der Waals surface area contributed by atoms with E-state index in [2.05, 4.69) is 11.8 Å². The molecule has 1 aromatic rings. The number of halogens is 1. The Morgan fingerprint density at radius 2 is 0.955 bits per heavy atom. The van der Waals surface area contributed by atoms with Crippen LogP contribution in [-0.2, 0) is 0 Å². The van der Waals surface area contributed by atoms with Gasteiger partial charge in [0.1, 0.15) is 0 Å². The van der Waals surface area contributed by atoms with E-state index in [1.54, 1.807) is 0 Å². The van der Waals surface area contributed by atoms with Crippen molar-refractivity contribution >= 4 is 17.1 Å². The van der Waals surface area contributed by atoms with Gasteiger partial charge in [-0.1, -0.05) is 0 Å². The fraction of sp³-hybridized carbons (Fsp3) is 0. The number of benzene rings is 1. The van der Waals surface area contributed by atoms with Crippen LogP contribution in [0.5, 0.6) is 11.5 Å². The molecule has 8 N–H and O–H groups in total. The van der Waals surface area contributed by atoms with E-state index in [0.717, 1.165) is 0 Å². The molecular weight excluding hydrogens is 321 g/mol. The molecule has 0 aliphatic rings. The molecule has 22 heavy (non-hydrogen) atoms. The van der Waals surface area contributed by atoms with E-state index < -0.39 is 49.1 Å².